The number of carbonyl (C=O) groups is 1. The Balaban J connectivity index is 0.000000180. The summed E-state index contributed by atoms with van der Waals surface area (Å²) in [7, 11) is 2.80. The molecule has 3 aromatic heterocycles. The molecule has 178 valence electrons. The summed E-state index contributed by atoms with van der Waals surface area (Å²) in [6, 6.07) is 5.20. The molecule has 5 rings (SSSR count). The second-order valence-corrected chi connectivity index (χ2v) is 7.72. The number of hydrogen-bond donors (Lipinski definition) is 1. The number of nitrogen functional groups attached to an aromatic ring is 1. The van der Waals surface area contributed by atoms with Crippen molar-refractivity contribution < 1.29 is 27.2 Å². The van der Waals surface area contributed by atoms with Crippen LogP contribution in [0.15, 0.2) is 30.5 Å². The molecule has 4 heterocycles. The van der Waals surface area contributed by atoms with Gasteiger partial charge in [-0.15, -0.1) is 0 Å². The normalized spacial score (nSPS) is 12.8. The zero-order valence-electron chi connectivity index (χ0n) is 18.4. The van der Waals surface area contributed by atoms with Crippen LogP contribution in [0.25, 0.3) is 21.9 Å². The van der Waals surface area contributed by atoms with Crippen molar-refractivity contribution in [2.24, 2.45) is 7.05 Å². The number of halogens is 4. The lowest BCUT2D eigenvalue weighted by Gasteiger charge is -2.10. The first kappa shape index (κ1) is 23.2. The van der Waals surface area contributed by atoms with Crippen molar-refractivity contribution in [1.29, 1.82) is 0 Å². The average molecular weight is 476 g/mol. The molecule has 1 amide bonds. The van der Waals surface area contributed by atoms with Gasteiger partial charge in [-0.05, 0) is 30.7 Å². The number of pyridine rings is 2. The van der Waals surface area contributed by atoms with Crippen LogP contribution in [0.4, 0.5) is 23.5 Å². The Labute approximate surface area is 190 Å². The minimum Gasteiger partial charge on any atom is -0.493 e. The Morgan fingerprint density at radius 3 is 2.62 bits per heavy atom. The van der Waals surface area contributed by atoms with Crippen LogP contribution in [-0.2, 0) is 19.6 Å². The number of rotatable bonds is 1. The number of hydrogen-bond acceptors (Lipinski definition) is 6. The third-order valence-electron chi connectivity index (χ3n) is 5.42. The number of fused-ring (bicyclic) bond motifs is 4. The molecule has 1 aliphatic rings. The van der Waals surface area contributed by atoms with Gasteiger partial charge in [0.25, 0.3) is 5.91 Å². The highest BCUT2D eigenvalue weighted by Crippen LogP contribution is 2.35. The first-order valence-electron chi connectivity index (χ1n) is 10.1. The number of nitrogens with two attached hydrogens (primary N) is 1. The molecular formula is C22H20F4N6O2. The Morgan fingerprint density at radius 1 is 1.21 bits per heavy atom. The van der Waals surface area contributed by atoms with E-state index in [0.29, 0.717) is 52.2 Å². The van der Waals surface area contributed by atoms with Crippen molar-refractivity contribution in [3.05, 3.63) is 52.8 Å². The van der Waals surface area contributed by atoms with Crippen molar-refractivity contribution in [3.8, 4) is 5.75 Å². The summed E-state index contributed by atoms with van der Waals surface area (Å²) >= 11 is 0. The molecule has 12 heteroatoms. The van der Waals surface area contributed by atoms with E-state index in [1.807, 2.05) is 0 Å². The summed E-state index contributed by atoms with van der Waals surface area (Å²) in [5.41, 5.74) is 7.79. The number of alkyl halides is 3. The Morgan fingerprint density at radius 2 is 1.94 bits per heavy atom. The molecule has 0 atom stereocenters. The molecule has 4 aromatic rings. The molecule has 0 radical (unpaired) electrons. The monoisotopic (exact) mass is 476 g/mol. The number of amides is 1. The van der Waals surface area contributed by atoms with Gasteiger partial charge in [-0.25, -0.2) is 9.97 Å². The van der Waals surface area contributed by atoms with E-state index in [4.69, 9.17) is 10.5 Å². The lowest BCUT2D eigenvalue weighted by molar-refractivity contribution is -0.137. The first-order chi connectivity index (χ1) is 16.0. The maximum Gasteiger partial charge on any atom is 0.416 e. The molecule has 8 nitrogen and oxygen atoms in total. The number of aromatic nitrogens is 4. The van der Waals surface area contributed by atoms with E-state index in [2.05, 4.69) is 15.1 Å². The minimum atomic E-state index is -4.28. The highest BCUT2D eigenvalue weighted by atomic mass is 19.4. The first-order valence-corrected chi connectivity index (χ1v) is 10.1. The van der Waals surface area contributed by atoms with Gasteiger partial charge in [0.05, 0.1) is 40.5 Å². The van der Waals surface area contributed by atoms with Crippen molar-refractivity contribution in [1.82, 2.24) is 24.9 Å². The molecule has 0 aliphatic carbocycles. The van der Waals surface area contributed by atoms with Gasteiger partial charge < -0.3 is 10.5 Å². The number of benzene rings is 1. The summed E-state index contributed by atoms with van der Waals surface area (Å²) in [4.78, 5) is 20.4. The van der Waals surface area contributed by atoms with Crippen LogP contribution >= 0.6 is 0 Å². The van der Waals surface area contributed by atoms with Crippen LogP contribution in [-0.4, -0.2) is 44.4 Å². The maximum atomic E-state index is 13.2. The van der Waals surface area contributed by atoms with E-state index in [0.717, 1.165) is 24.7 Å². The molecule has 0 bridgehead atoms. The van der Waals surface area contributed by atoms with E-state index in [9.17, 15) is 22.4 Å². The van der Waals surface area contributed by atoms with Crippen LogP contribution < -0.4 is 10.5 Å². The Hall–Kier alpha value is -3.96. The van der Waals surface area contributed by atoms with Gasteiger partial charge in [0.15, 0.2) is 5.65 Å². The van der Waals surface area contributed by atoms with Crippen LogP contribution in [0.3, 0.4) is 0 Å². The number of nitrogens with zero attached hydrogens (tertiary/aromatic N) is 5. The summed E-state index contributed by atoms with van der Waals surface area (Å²) in [5, 5.41) is 5.44. The highest BCUT2D eigenvalue weighted by molar-refractivity contribution is 6.09. The number of aryl methyl sites for hydroxylation is 2. The van der Waals surface area contributed by atoms with Crippen molar-refractivity contribution >= 4 is 33.7 Å². The highest BCUT2D eigenvalue weighted by Gasteiger charge is 2.31. The smallest absolute Gasteiger partial charge is 0.416 e. The molecule has 0 saturated heterocycles. The van der Waals surface area contributed by atoms with Gasteiger partial charge in [0.2, 0.25) is 0 Å². The second-order valence-electron chi connectivity index (χ2n) is 7.72. The average Bonchev–Trinajstić information content (AvgIpc) is 3.39. The molecule has 2 N–H and O–H groups in total. The molecule has 0 spiro atoms. The quantitative estimate of drug-likeness (QED) is 0.329. The molecular weight excluding hydrogens is 456 g/mol. The minimum absolute atomic E-state index is 0.0288. The molecule has 0 fully saturated rings. The van der Waals surface area contributed by atoms with E-state index < -0.39 is 17.6 Å². The fraction of sp³-hybridized carbons (Fsp3) is 0.273. The summed E-state index contributed by atoms with van der Waals surface area (Å²) < 4.78 is 56.4. The maximum absolute atomic E-state index is 13.2. The lowest BCUT2D eigenvalue weighted by atomic mass is 10.1. The topological polar surface area (TPSA) is 99.2 Å². The fourth-order valence-electron chi connectivity index (χ4n) is 3.70. The van der Waals surface area contributed by atoms with Gasteiger partial charge in [0.1, 0.15) is 11.6 Å². The SMILES string of the molecule is Cc1nc2nc(N)c3cnn(C)c3c2cc1C(=O)N(C)F.FC(F)(F)c1ccc2c(c1)OCC2. The van der Waals surface area contributed by atoms with Gasteiger partial charge in [-0.1, -0.05) is 10.5 Å². The fourth-order valence-corrected chi connectivity index (χ4v) is 3.70. The number of anilines is 1. The summed E-state index contributed by atoms with van der Waals surface area (Å²) in [5.74, 6) is -0.0666. The van der Waals surface area contributed by atoms with E-state index in [1.54, 1.807) is 30.9 Å². The third kappa shape index (κ3) is 4.18. The van der Waals surface area contributed by atoms with Gasteiger partial charge >= 0.3 is 6.18 Å². The number of ether oxygens (including phenoxy) is 1. The molecule has 1 aromatic carbocycles. The summed E-state index contributed by atoms with van der Waals surface area (Å²) in [6.07, 6.45) is -1.98. The van der Waals surface area contributed by atoms with Crippen molar-refractivity contribution in [2.75, 3.05) is 19.4 Å². The van der Waals surface area contributed by atoms with Crippen LogP contribution in [0.2, 0.25) is 0 Å². The molecule has 1 aliphatic heterocycles. The van der Waals surface area contributed by atoms with Gasteiger partial charge in [0, 0.05) is 25.9 Å². The van der Waals surface area contributed by atoms with Gasteiger partial charge in [-0.3, -0.25) is 9.48 Å². The summed E-state index contributed by atoms with van der Waals surface area (Å²) in [6.45, 7) is 2.11. The van der Waals surface area contributed by atoms with E-state index in [1.165, 1.54) is 6.07 Å². The number of carbonyl (C=O) groups excluding carboxylic acids is 1. The molecule has 0 saturated carbocycles. The van der Waals surface area contributed by atoms with E-state index >= 15 is 0 Å². The second kappa shape index (κ2) is 8.43. The van der Waals surface area contributed by atoms with Gasteiger partial charge in [-0.2, -0.15) is 23.4 Å². The van der Waals surface area contributed by atoms with Crippen molar-refractivity contribution in [3.63, 3.8) is 0 Å². The Bertz CT molecular complexity index is 1410. The zero-order valence-corrected chi connectivity index (χ0v) is 18.4. The van der Waals surface area contributed by atoms with Crippen LogP contribution in [0, 0.1) is 6.92 Å². The van der Waals surface area contributed by atoms with E-state index in [-0.39, 0.29) is 10.7 Å². The predicted octanol–water partition coefficient (Wildman–Crippen LogP) is 4.00. The lowest BCUT2D eigenvalue weighted by Crippen LogP contribution is -2.19. The molecule has 34 heavy (non-hydrogen) atoms. The largest absolute Gasteiger partial charge is 0.493 e. The molecule has 0 unspecified atom stereocenters. The Kier molecular flexibility index (Phi) is 5.75. The van der Waals surface area contributed by atoms with Crippen LogP contribution in [0.1, 0.15) is 27.2 Å². The standard InChI is InChI=1S/C13H13FN6O.C9H7F3O/c1-6-7(13(21)19(2)14)4-8-10-9(5-16-20(10)3)11(15)18-12(8)17-6;10-9(11,12)7-2-1-6-3-4-13-8(6)5-7/h4-5H,1-3H3,(H2,15,17,18);1-2,5H,3-4H2. The predicted molar refractivity (Wildman–Crippen MR) is 117 cm³/mol. The van der Waals surface area contributed by atoms with Crippen LogP contribution in [0.5, 0.6) is 5.75 Å². The third-order valence-corrected chi connectivity index (χ3v) is 5.42. The zero-order chi connectivity index (χ0) is 24.8. The van der Waals surface area contributed by atoms with Crippen molar-refractivity contribution in [2.45, 2.75) is 19.5 Å².